The second-order valence-corrected chi connectivity index (χ2v) is 5.79. The maximum atomic E-state index is 12.1. The fraction of sp³-hybridized carbons (Fsp3) is 0.533. The maximum Gasteiger partial charge on any atom is 0.223 e. The summed E-state index contributed by atoms with van der Waals surface area (Å²) in [7, 11) is 0. The van der Waals surface area contributed by atoms with Crippen LogP contribution in [0.4, 0.5) is 0 Å². The number of hydrogen-bond acceptors (Lipinski definition) is 4. The smallest absolute Gasteiger partial charge is 0.223 e. The van der Waals surface area contributed by atoms with E-state index in [2.05, 4.69) is 29.4 Å². The minimum absolute atomic E-state index is 0.0571. The molecule has 0 bridgehead atoms. The van der Waals surface area contributed by atoms with E-state index in [0.29, 0.717) is 19.0 Å². The van der Waals surface area contributed by atoms with Gasteiger partial charge in [0.05, 0.1) is 6.26 Å². The Morgan fingerprint density at radius 3 is 3.14 bits per heavy atom. The number of furan rings is 1. The molecule has 1 aliphatic carbocycles. The zero-order valence-corrected chi connectivity index (χ0v) is 12.3. The van der Waals surface area contributed by atoms with Crippen molar-refractivity contribution in [2.45, 2.75) is 38.6 Å². The normalized spacial score (nSPS) is 20.7. The summed E-state index contributed by atoms with van der Waals surface area (Å²) in [5.41, 5.74) is 0. The van der Waals surface area contributed by atoms with Crippen molar-refractivity contribution >= 4 is 5.91 Å². The predicted octanol–water partition coefficient (Wildman–Crippen LogP) is 1.91. The van der Waals surface area contributed by atoms with Gasteiger partial charge in [0.1, 0.15) is 17.9 Å². The van der Waals surface area contributed by atoms with Gasteiger partial charge in [-0.2, -0.15) is 0 Å². The largest absolute Gasteiger partial charge is 0.469 e. The first kappa shape index (κ1) is 13.9. The molecule has 2 atom stereocenters. The molecule has 1 aliphatic rings. The van der Waals surface area contributed by atoms with Crippen LogP contribution < -0.4 is 5.32 Å². The van der Waals surface area contributed by atoms with Gasteiger partial charge in [0.15, 0.2) is 0 Å². The SMILES string of the molecule is CC(C)c1nncn1CCNC(=O)[C@H]1C[C@@H]1c1ccco1. The van der Waals surface area contributed by atoms with Crippen molar-refractivity contribution in [3.63, 3.8) is 0 Å². The number of nitrogens with one attached hydrogen (secondary N) is 1. The summed E-state index contributed by atoms with van der Waals surface area (Å²) in [5.74, 6) is 2.61. The van der Waals surface area contributed by atoms with Crippen molar-refractivity contribution in [1.29, 1.82) is 0 Å². The molecular formula is C15H20N4O2. The van der Waals surface area contributed by atoms with Crippen LogP contribution in [-0.2, 0) is 11.3 Å². The highest BCUT2D eigenvalue weighted by atomic mass is 16.3. The summed E-state index contributed by atoms with van der Waals surface area (Å²) in [6.07, 6.45) is 4.25. The average Bonchev–Trinajstić information content (AvgIpc) is 2.90. The van der Waals surface area contributed by atoms with Gasteiger partial charge in [-0.1, -0.05) is 13.8 Å². The molecule has 1 amide bonds. The van der Waals surface area contributed by atoms with E-state index >= 15 is 0 Å². The van der Waals surface area contributed by atoms with E-state index in [4.69, 9.17) is 4.42 Å². The number of carbonyl (C=O) groups is 1. The summed E-state index contributed by atoms with van der Waals surface area (Å²) in [5, 5.41) is 11.0. The highest BCUT2D eigenvalue weighted by Crippen LogP contribution is 2.47. The summed E-state index contributed by atoms with van der Waals surface area (Å²) in [6.45, 7) is 5.46. The molecule has 2 aromatic heterocycles. The Bertz CT molecular complexity index is 603. The first-order valence-corrected chi connectivity index (χ1v) is 7.35. The van der Waals surface area contributed by atoms with Gasteiger partial charge in [0, 0.05) is 30.8 Å². The van der Waals surface area contributed by atoms with Gasteiger partial charge in [0.25, 0.3) is 0 Å². The standard InChI is InChI=1S/C15H20N4O2/c1-10(2)14-18-17-9-19(14)6-5-16-15(20)12-8-11(12)13-4-3-7-21-13/h3-4,7,9-12H,5-6,8H2,1-2H3,(H,16,20)/t11-,12-/m0/s1. The molecule has 0 spiro atoms. The molecule has 0 unspecified atom stereocenters. The molecule has 0 aromatic carbocycles. The maximum absolute atomic E-state index is 12.1. The third-order valence-corrected chi connectivity index (χ3v) is 3.85. The summed E-state index contributed by atoms with van der Waals surface area (Å²) < 4.78 is 7.33. The Balaban J connectivity index is 1.46. The highest BCUT2D eigenvalue weighted by Gasteiger charge is 2.45. The summed E-state index contributed by atoms with van der Waals surface area (Å²) in [4.78, 5) is 12.1. The Labute approximate surface area is 123 Å². The van der Waals surface area contributed by atoms with Crippen LogP contribution in [0.5, 0.6) is 0 Å². The fourth-order valence-corrected chi connectivity index (χ4v) is 2.62. The number of nitrogens with zero attached hydrogens (tertiary/aromatic N) is 3. The number of rotatable bonds is 6. The number of hydrogen-bond donors (Lipinski definition) is 1. The first-order chi connectivity index (χ1) is 10.2. The molecule has 2 heterocycles. The minimum Gasteiger partial charge on any atom is -0.469 e. The highest BCUT2D eigenvalue weighted by molar-refractivity contribution is 5.82. The second kappa shape index (κ2) is 5.71. The van der Waals surface area contributed by atoms with Gasteiger partial charge in [-0.05, 0) is 18.6 Å². The van der Waals surface area contributed by atoms with Crippen molar-refractivity contribution in [2.24, 2.45) is 5.92 Å². The number of amides is 1. The first-order valence-electron chi connectivity index (χ1n) is 7.35. The van der Waals surface area contributed by atoms with Gasteiger partial charge in [0.2, 0.25) is 5.91 Å². The quantitative estimate of drug-likeness (QED) is 0.881. The van der Waals surface area contributed by atoms with Gasteiger partial charge in [-0.25, -0.2) is 0 Å². The zero-order valence-electron chi connectivity index (χ0n) is 12.3. The molecule has 112 valence electrons. The van der Waals surface area contributed by atoms with Crippen molar-refractivity contribution in [3.05, 3.63) is 36.3 Å². The van der Waals surface area contributed by atoms with Gasteiger partial charge in [-0.3, -0.25) is 4.79 Å². The molecule has 0 aliphatic heterocycles. The molecule has 1 saturated carbocycles. The van der Waals surface area contributed by atoms with Crippen LogP contribution in [0.2, 0.25) is 0 Å². The van der Waals surface area contributed by atoms with Crippen LogP contribution >= 0.6 is 0 Å². The minimum atomic E-state index is 0.0571. The predicted molar refractivity (Wildman–Crippen MR) is 76.7 cm³/mol. The Kier molecular flexibility index (Phi) is 3.77. The van der Waals surface area contributed by atoms with Crippen LogP contribution in [0.15, 0.2) is 29.1 Å². The molecule has 6 nitrogen and oxygen atoms in total. The Morgan fingerprint density at radius 2 is 2.43 bits per heavy atom. The van der Waals surface area contributed by atoms with E-state index in [9.17, 15) is 4.79 Å². The van der Waals surface area contributed by atoms with E-state index in [0.717, 1.165) is 18.0 Å². The van der Waals surface area contributed by atoms with Crippen LogP contribution in [0, 0.1) is 5.92 Å². The van der Waals surface area contributed by atoms with Crippen molar-refractivity contribution in [1.82, 2.24) is 20.1 Å². The number of carbonyl (C=O) groups excluding carboxylic acids is 1. The van der Waals surface area contributed by atoms with Crippen LogP contribution in [-0.4, -0.2) is 27.2 Å². The van der Waals surface area contributed by atoms with E-state index in [1.807, 2.05) is 16.7 Å². The van der Waals surface area contributed by atoms with Crippen LogP contribution in [0.25, 0.3) is 0 Å². The Morgan fingerprint density at radius 1 is 1.57 bits per heavy atom. The lowest BCUT2D eigenvalue weighted by molar-refractivity contribution is -0.122. The van der Waals surface area contributed by atoms with Crippen molar-refractivity contribution in [3.8, 4) is 0 Å². The molecule has 6 heteroatoms. The lowest BCUT2D eigenvalue weighted by Gasteiger charge is -2.09. The van der Waals surface area contributed by atoms with Gasteiger partial charge < -0.3 is 14.3 Å². The molecular weight excluding hydrogens is 268 g/mol. The Hall–Kier alpha value is -2.11. The molecule has 1 N–H and O–H groups in total. The average molecular weight is 288 g/mol. The monoisotopic (exact) mass is 288 g/mol. The zero-order chi connectivity index (χ0) is 14.8. The van der Waals surface area contributed by atoms with Crippen molar-refractivity contribution in [2.75, 3.05) is 6.54 Å². The number of aromatic nitrogens is 3. The van der Waals surface area contributed by atoms with Crippen molar-refractivity contribution < 1.29 is 9.21 Å². The van der Waals surface area contributed by atoms with Gasteiger partial charge in [-0.15, -0.1) is 10.2 Å². The fourth-order valence-electron chi connectivity index (χ4n) is 2.62. The van der Waals surface area contributed by atoms with Gasteiger partial charge >= 0.3 is 0 Å². The van der Waals surface area contributed by atoms with E-state index in [1.54, 1.807) is 12.6 Å². The molecule has 0 radical (unpaired) electrons. The topological polar surface area (TPSA) is 73.0 Å². The molecule has 2 aromatic rings. The second-order valence-electron chi connectivity index (χ2n) is 5.79. The lowest BCUT2D eigenvalue weighted by atomic mass is 10.2. The summed E-state index contributed by atoms with van der Waals surface area (Å²) >= 11 is 0. The van der Waals surface area contributed by atoms with E-state index in [-0.39, 0.29) is 17.7 Å². The summed E-state index contributed by atoms with van der Waals surface area (Å²) in [6, 6.07) is 3.80. The van der Waals surface area contributed by atoms with E-state index in [1.165, 1.54) is 0 Å². The van der Waals surface area contributed by atoms with Crippen LogP contribution in [0.3, 0.4) is 0 Å². The molecule has 0 saturated heterocycles. The molecule has 1 fully saturated rings. The lowest BCUT2D eigenvalue weighted by Crippen LogP contribution is -2.29. The third kappa shape index (κ3) is 2.99. The van der Waals surface area contributed by atoms with Crippen LogP contribution in [0.1, 0.15) is 43.7 Å². The third-order valence-electron chi connectivity index (χ3n) is 3.85. The molecule has 21 heavy (non-hydrogen) atoms. The van der Waals surface area contributed by atoms with E-state index < -0.39 is 0 Å². The molecule has 3 rings (SSSR count).